The summed E-state index contributed by atoms with van der Waals surface area (Å²) >= 11 is 0. The highest BCUT2D eigenvalue weighted by Gasteiger charge is 2.27. The van der Waals surface area contributed by atoms with Crippen LogP contribution in [0, 0.1) is 0 Å². The molecule has 2 rings (SSSR count). The Kier molecular flexibility index (Phi) is 11.7. The smallest absolute Gasteiger partial charge is 0.303 e. The number of rotatable bonds is 15. The molecule has 204 valence electrons. The number of aliphatic carboxylic acids is 1. The van der Waals surface area contributed by atoms with Crippen molar-refractivity contribution in [3.05, 3.63) is 60.2 Å². The second kappa shape index (κ2) is 15.0. The predicted molar refractivity (Wildman–Crippen MR) is 143 cm³/mol. The Morgan fingerprint density at radius 3 is 2.00 bits per heavy atom. The van der Waals surface area contributed by atoms with Crippen molar-refractivity contribution in [2.75, 3.05) is 6.54 Å². The molecule has 12 heteroatoms. The number of benzene rings is 2. The van der Waals surface area contributed by atoms with E-state index in [9.17, 15) is 19.2 Å². The van der Waals surface area contributed by atoms with Crippen molar-refractivity contribution in [2.45, 2.75) is 50.2 Å². The molecule has 0 aliphatic rings. The van der Waals surface area contributed by atoms with Gasteiger partial charge >= 0.3 is 5.97 Å². The fraction of sp³-hybridized carbons (Fsp3) is 0.346. The molecule has 0 aromatic heterocycles. The van der Waals surface area contributed by atoms with Crippen molar-refractivity contribution >= 4 is 29.7 Å². The highest BCUT2D eigenvalue weighted by Crippen LogP contribution is 2.20. The summed E-state index contributed by atoms with van der Waals surface area (Å²) in [4.78, 5) is 52.5. The summed E-state index contributed by atoms with van der Waals surface area (Å²) in [5.74, 6) is -3.26. The first kappa shape index (κ1) is 29.8. The number of carboxylic acids is 1. The first-order valence-electron chi connectivity index (χ1n) is 12.1. The first-order chi connectivity index (χ1) is 18.1. The number of hydrogen-bond acceptors (Lipinski definition) is 6. The lowest BCUT2D eigenvalue weighted by Crippen LogP contribution is -2.56. The molecule has 0 aliphatic heterocycles. The van der Waals surface area contributed by atoms with Crippen LogP contribution in [-0.4, -0.2) is 59.4 Å². The van der Waals surface area contributed by atoms with Gasteiger partial charge in [-0.15, -0.1) is 0 Å². The maximum Gasteiger partial charge on any atom is 0.303 e. The molecule has 2 aromatic carbocycles. The van der Waals surface area contributed by atoms with Crippen LogP contribution in [0.1, 0.15) is 31.2 Å². The Bertz CT molecular complexity index is 1120. The molecule has 0 fully saturated rings. The van der Waals surface area contributed by atoms with Crippen molar-refractivity contribution in [3.63, 3.8) is 0 Å². The number of primary amides is 1. The van der Waals surface area contributed by atoms with E-state index in [-0.39, 0.29) is 38.2 Å². The Morgan fingerprint density at radius 1 is 0.816 bits per heavy atom. The van der Waals surface area contributed by atoms with Crippen LogP contribution in [0.5, 0.6) is 0 Å². The number of carbonyl (C=O) groups excluding carboxylic acids is 3. The molecule has 0 saturated carbocycles. The molecule has 3 amide bonds. The summed E-state index contributed by atoms with van der Waals surface area (Å²) in [5, 5.41) is 14.0. The fourth-order valence-corrected chi connectivity index (χ4v) is 3.66. The lowest BCUT2D eigenvalue weighted by Gasteiger charge is -2.23. The summed E-state index contributed by atoms with van der Waals surface area (Å²) in [6, 6.07) is 13.9. The van der Waals surface area contributed by atoms with Gasteiger partial charge in [0.1, 0.15) is 12.1 Å². The second-order valence-electron chi connectivity index (χ2n) is 8.78. The lowest BCUT2D eigenvalue weighted by molar-refractivity contribution is -0.137. The highest BCUT2D eigenvalue weighted by molar-refractivity contribution is 5.93. The van der Waals surface area contributed by atoms with Crippen LogP contribution in [0.2, 0.25) is 0 Å². The van der Waals surface area contributed by atoms with Gasteiger partial charge in [0, 0.05) is 19.4 Å². The van der Waals surface area contributed by atoms with E-state index < -0.39 is 41.8 Å². The number of nitrogens with zero attached hydrogens (tertiary/aromatic N) is 1. The summed E-state index contributed by atoms with van der Waals surface area (Å²) in [7, 11) is 0. The zero-order valence-electron chi connectivity index (χ0n) is 21.0. The Labute approximate surface area is 220 Å². The number of carbonyl (C=O) groups is 4. The van der Waals surface area contributed by atoms with Gasteiger partial charge in [-0.05, 0) is 36.0 Å². The van der Waals surface area contributed by atoms with Crippen molar-refractivity contribution in [3.8, 4) is 11.1 Å². The molecule has 0 aliphatic carbocycles. The van der Waals surface area contributed by atoms with Crippen LogP contribution in [0.15, 0.2) is 59.6 Å². The summed E-state index contributed by atoms with van der Waals surface area (Å²) in [6.07, 6.45) is 0.256. The molecule has 3 atom stereocenters. The van der Waals surface area contributed by atoms with Crippen LogP contribution >= 0.6 is 0 Å². The van der Waals surface area contributed by atoms with Crippen LogP contribution in [0.4, 0.5) is 0 Å². The molecule has 0 bridgehead atoms. The van der Waals surface area contributed by atoms with Crippen LogP contribution in [0.3, 0.4) is 0 Å². The molecule has 2 aromatic rings. The second-order valence-corrected chi connectivity index (χ2v) is 8.78. The van der Waals surface area contributed by atoms with Gasteiger partial charge in [-0.1, -0.05) is 54.6 Å². The molecule has 0 saturated heterocycles. The highest BCUT2D eigenvalue weighted by atomic mass is 16.4. The minimum Gasteiger partial charge on any atom is -0.481 e. The average Bonchev–Trinajstić information content (AvgIpc) is 2.89. The average molecular weight is 526 g/mol. The summed E-state index contributed by atoms with van der Waals surface area (Å²) in [5.41, 5.74) is 24.6. The van der Waals surface area contributed by atoms with Gasteiger partial charge in [-0.25, -0.2) is 0 Å². The quantitative estimate of drug-likeness (QED) is 0.0916. The van der Waals surface area contributed by atoms with Crippen molar-refractivity contribution in [1.29, 1.82) is 0 Å². The van der Waals surface area contributed by atoms with Crippen LogP contribution < -0.4 is 33.6 Å². The third kappa shape index (κ3) is 10.3. The van der Waals surface area contributed by atoms with Gasteiger partial charge in [-0.2, -0.15) is 0 Å². The number of nitrogens with one attached hydrogen (secondary N) is 2. The Hall–Kier alpha value is -4.45. The molecule has 0 radical (unpaired) electrons. The lowest BCUT2D eigenvalue weighted by atomic mass is 9.99. The van der Waals surface area contributed by atoms with Crippen LogP contribution in [0.25, 0.3) is 11.1 Å². The van der Waals surface area contributed by atoms with Crippen molar-refractivity contribution < 1.29 is 24.3 Å². The first-order valence-corrected chi connectivity index (χ1v) is 12.1. The fourth-order valence-electron chi connectivity index (χ4n) is 3.66. The van der Waals surface area contributed by atoms with E-state index in [0.29, 0.717) is 6.42 Å². The molecule has 12 nitrogen and oxygen atoms in total. The standard InChI is InChI=1S/C26H35N7O5/c27-19(12-13-22(34)35)24(37)33-21(25(38)32-20(23(28)36)7-4-14-31-26(29)30)15-16-8-10-18(11-9-16)17-5-2-1-3-6-17/h1-3,5-6,8-11,19-21H,4,7,12-15,27H2,(H2,28,36)(H,32,38)(H,33,37)(H,34,35)(H4,29,30,31)/t19-,20-,21-/m1/s1. The number of carboxylic acid groups (broad SMARTS) is 1. The van der Waals surface area contributed by atoms with Gasteiger partial charge in [0.05, 0.1) is 6.04 Å². The maximum absolute atomic E-state index is 13.2. The van der Waals surface area contributed by atoms with E-state index >= 15 is 0 Å². The van der Waals surface area contributed by atoms with Gasteiger partial charge < -0.3 is 38.7 Å². The van der Waals surface area contributed by atoms with Crippen molar-refractivity contribution in [2.24, 2.45) is 27.9 Å². The number of nitrogens with two attached hydrogens (primary N) is 4. The molecule has 11 N–H and O–H groups in total. The number of hydrogen-bond donors (Lipinski definition) is 7. The molecular weight excluding hydrogens is 490 g/mol. The van der Waals surface area contributed by atoms with Gasteiger partial charge in [0.15, 0.2) is 5.96 Å². The maximum atomic E-state index is 13.2. The largest absolute Gasteiger partial charge is 0.481 e. The molecule has 0 unspecified atom stereocenters. The number of guanidine groups is 1. The Morgan fingerprint density at radius 2 is 1.42 bits per heavy atom. The van der Waals surface area contributed by atoms with Gasteiger partial charge in [0.2, 0.25) is 17.7 Å². The van der Waals surface area contributed by atoms with Gasteiger partial charge in [-0.3, -0.25) is 24.2 Å². The monoisotopic (exact) mass is 525 g/mol. The van der Waals surface area contributed by atoms with E-state index in [2.05, 4.69) is 15.6 Å². The minimum absolute atomic E-state index is 0.0926. The van der Waals surface area contributed by atoms with Gasteiger partial charge in [0.25, 0.3) is 0 Å². The van der Waals surface area contributed by atoms with E-state index in [4.69, 9.17) is 28.0 Å². The number of amides is 3. The molecular formula is C26H35N7O5. The van der Waals surface area contributed by atoms with E-state index in [1.807, 2.05) is 54.6 Å². The Balaban J connectivity index is 2.17. The predicted octanol–water partition coefficient (Wildman–Crippen LogP) is -0.403. The summed E-state index contributed by atoms with van der Waals surface area (Å²) < 4.78 is 0. The molecule has 0 spiro atoms. The van der Waals surface area contributed by atoms with E-state index in [1.54, 1.807) is 0 Å². The molecule has 0 heterocycles. The normalized spacial score (nSPS) is 13.0. The van der Waals surface area contributed by atoms with E-state index in [0.717, 1.165) is 16.7 Å². The zero-order valence-corrected chi connectivity index (χ0v) is 21.0. The molecule has 38 heavy (non-hydrogen) atoms. The number of aliphatic imine (C=N–C) groups is 1. The van der Waals surface area contributed by atoms with Crippen molar-refractivity contribution in [1.82, 2.24) is 10.6 Å². The topological polar surface area (TPSA) is 229 Å². The minimum atomic E-state index is -1.13. The third-order valence-corrected chi connectivity index (χ3v) is 5.75. The van der Waals surface area contributed by atoms with E-state index in [1.165, 1.54) is 0 Å². The third-order valence-electron chi connectivity index (χ3n) is 5.75. The summed E-state index contributed by atoms with van der Waals surface area (Å²) in [6.45, 7) is 0.244. The SMILES string of the molecule is NC(=O)[C@@H](CCCN=C(N)N)NC(=O)[C@@H](Cc1ccc(-c2ccccc2)cc1)NC(=O)[C@H](N)CCC(=O)O. The zero-order chi connectivity index (χ0) is 28.1. The van der Waals surface area contributed by atoms with Crippen LogP contribution in [-0.2, 0) is 25.6 Å².